The molecule has 1 saturated heterocycles. The molecule has 0 unspecified atom stereocenters. The Kier molecular flexibility index (Phi) is 6.73. The lowest BCUT2D eigenvalue weighted by Crippen LogP contribution is -2.31. The number of hydrogen-bond acceptors (Lipinski definition) is 7. The largest absolute Gasteiger partial charge is 0.385 e. The summed E-state index contributed by atoms with van der Waals surface area (Å²) in [6, 6.07) is 6.68. The van der Waals surface area contributed by atoms with E-state index < -0.39 is 38.6 Å². The molecule has 11 heteroatoms. The van der Waals surface area contributed by atoms with Crippen molar-refractivity contribution in [2.75, 3.05) is 30.9 Å². The molecule has 1 fully saturated rings. The van der Waals surface area contributed by atoms with Crippen LogP contribution in [0.25, 0.3) is 0 Å². The van der Waals surface area contributed by atoms with Crippen molar-refractivity contribution in [3.63, 3.8) is 0 Å². The summed E-state index contributed by atoms with van der Waals surface area (Å²) in [6.45, 7) is 1.00. The number of carbonyl (C=O) groups excluding carboxylic acids is 2. The Balaban J connectivity index is 1.85. The van der Waals surface area contributed by atoms with E-state index in [1.165, 1.54) is 24.3 Å². The van der Waals surface area contributed by atoms with Gasteiger partial charge >= 0.3 is 0 Å². The maximum absolute atomic E-state index is 13.2. The summed E-state index contributed by atoms with van der Waals surface area (Å²) < 4.78 is 43.5. The van der Waals surface area contributed by atoms with Gasteiger partial charge in [-0.25, -0.2) is 22.8 Å². The molecule has 3 heterocycles. The number of amides is 2. The average Bonchev–Trinajstić information content (AvgIpc) is 2.96. The van der Waals surface area contributed by atoms with Crippen molar-refractivity contribution >= 4 is 27.5 Å². The first-order valence-corrected chi connectivity index (χ1v) is 10.9. The zero-order valence-electron chi connectivity index (χ0n) is 16.2. The lowest BCUT2D eigenvalue weighted by molar-refractivity contribution is -0.115. The predicted molar refractivity (Wildman–Crippen MR) is 106 cm³/mol. The fourth-order valence-corrected chi connectivity index (χ4v) is 4.75. The van der Waals surface area contributed by atoms with E-state index in [1.807, 2.05) is 0 Å². The Hall–Kier alpha value is -2.92. The first-order valence-electron chi connectivity index (χ1n) is 9.23. The van der Waals surface area contributed by atoms with E-state index in [2.05, 4.69) is 15.3 Å². The van der Waals surface area contributed by atoms with Gasteiger partial charge in [0.2, 0.25) is 5.91 Å². The monoisotopic (exact) mass is 436 g/mol. The Bertz CT molecular complexity index is 1030. The normalized spacial score (nSPS) is 17.9. The third-order valence-electron chi connectivity index (χ3n) is 4.44. The smallest absolute Gasteiger partial charge is 0.269 e. The van der Waals surface area contributed by atoms with E-state index in [0.717, 1.165) is 30.0 Å². The highest BCUT2D eigenvalue weighted by atomic mass is 32.2. The highest BCUT2D eigenvalue weighted by Gasteiger charge is 2.47. The second-order valence-electron chi connectivity index (χ2n) is 6.66. The Labute approximate surface area is 173 Å². The fourth-order valence-electron chi connectivity index (χ4n) is 3.07. The Morgan fingerprint density at radius 3 is 2.80 bits per heavy atom. The molecule has 30 heavy (non-hydrogen) atoms. The number of carbonyl (C=O) groups is 2. The zero-order chi connectivity index (χ0) is 21.7. The minimum Gasteiger partial charge on any atom is -0.385 e. The van der Waals surface area contributed by atoms with Gasteiger partial charge in [-0.2, -0.15) is 0 Å². The lowest BCUT2D eigenvalue weighted by Gasteiger charge is -2.22. The standard InChI is InChI=1S/C19H21FN4O5S/c1-29-10-3-2-9-21-18(26)14-5-4-6-15(23-14)19-24(17(25)12-30(19,27)28)16-8-7-13(20)11-22-16/h4-8,11,19H,2-3,9-10,12H2,1H3,(H,21,26)/t19-/m1/s1. The maximum Gasteiger partial charge on any atom is 0.269 e. The summed E-state index contributed by atoms with van der Waals surface area (Å²) in [6.07, 6.45) is 2.40. The molecule has 160 valence electrons. The van der Waals surface area contributed by atoms with Gasteiger partial charge in [-0.3, -0.25) is 14.5 Å². The van der Waals surface area contributed by atoms with Crippen molar-refractivity contribution < 1.29 is 27.1 Å². The molecule has 1 aliphatic heterocycles. The SMILES string of the molecule is COCCCCNC(=O)c1cccc([C@@H]2N(c3ccc(F)cn3)C(=O)CS2(=O)=O)n1. The molecule has 2 amide bonds. The van der Waals surface area contributed by atoms with Crippen LogP contribution in [0.3, 0.4) is 0 Å². The third-order valence-corrected chi connectivity index (χ3v) is 6.23. The van der Waals surface area contributed by atoms with Crippen molar-refractivity contribution in [2.24, 2.45) is 0 Å². The number of aromatic nitrogens is 2. The summed E-state index contributed by atoms with van der Waals surface area (Å²) in [5.41, 5.74) is 0.0415. The van der Waals surface area contributed by atoms with E-state index in [4.69, 9.17) is 4.74 Å². The van der Waals surface area contributed by atoms with Crippen molar-refractivity contribution in [1.82, 2.24) is 15.3 Å². The molecular formula is C19H21FN4O5S. The van der Waals surface area contributed by atoms with Gasteiger partial charge in [0, 0.05) is 20.3 Å². The number of anilines is 1. The molecule has 9 nitrogen and oxygen atoms in total. The van der Waals surface area contributed by atoms with Crippen LogP contribution >= 0.6 is 0 Å². The van der Waals surface area contributed by atoms with Crippen molar-refractivity contribution in [2.45, 2.75) is 18.2 Å². The van der Waals surface area contributed by atoms with Gasteiger partial charge in [0.25, 0.3) is 5.91 Å². The van der Waals surface area contributed by atoms with Crippen LogP contribution in [0.4, 0.5) is 10.2 Å². The van der Waals surface area contributed by atoms with E-state index in [1.54, 1.807) is 7.11 Å². The molecule has 0 radical (unpaired) electrons. The molecule has 0 aromatic carbocycles. The first-order chi connectivity index (χ1) is 14.3. The van der Waals surface area contributed by atoms with Crippen molar-refractivity contribution in [1.29, 1.82) is 0 Å². The lowest BCUT2D eigenvalue weighted by atomic mass is 10.2. The minimum absolute atomic E-state index is 0.0118. The molecule has 3 rings (SSSR count). The summed E-state index contributed by atoms with van der Waals surface area (Å²) >= 11 is 0. The Morgan fingerprint density at radius 2 is 2.10 bits per heavy atom. The molecular weight excluding hydrogens is 415 g/mol. The molecule has 1 N–H and O–H groups in total. The molecule has 2 aromatic heterocycles. The summed E-state index contributed by atoms with van der Waals surface area (Å²) in [4.78, 5) is 33.7. The van der Waals surface area contributed by atoms with Crippen molar-refractivity contribution in [3.05, 3.63) is 53.7 Å². The number of nitrogens with zero attached hydrogens (tertiary/aromatic N) is 3. The van der Waals surface area contributed by atoms with Gasteiger partial charge in [-0.05, 0) is 37.1 Å². The highest BCUT2D eigenvalue weighted by molar-refractivity contribution is 7.93. The van der Waals surface area contributed by atoms with E-state index >= 15 is 0 Å². The number of sulfone groups is 1. The number of hydrogen-bond donors (Lipinski definition) is 1. The number of unbranched alkanes of at least 4 members (excludes halogenated alkanes) is 1. The molecule has 2 aromatic rings. The predicted octanol–water partition coefficient (Wildman–Crippen LogP) is 1.23. The van der Waals surface area contributed by atoms with E-state index in [9.17, 15) is 22.4 Å². The molecule has 0 aliphatic carbocycles. The van der Waals surface area contributed by atoms with E-state index in [0.29, 0.717) is 13.2 Å². The topological polar surface area (TPSA) is 119 Å². The number of nitrogens with one attached hydrogen (secondary N) is 1. The molecule has 0 saturated carbocycles. The van der Waals surface area contributed by atoms with Crippen LogP contribution in [-0.4, -0.2) is 56.2 Å². The molecule has 1 aliphatic rings. The molecule has 1 atom stereocenters. The average molecular weight is 436 g/mol. The van der Waals surface area contributed by atoms with Gasteiger partial charge < -0.3 is 10.1 Å². The van der Waals surface area contributed by atoms with Gasteiger partial charge in [-0.1, -0.05) is 6.07 Å². The number of rotatable bonds is 8. The number of methoxy groups -OCH3 is 1. The van der Waals surface area contributed by atoms with Gasteiger partial charge in [0.05, 0.1) is 11.9 Å². The van der Waals surface area contributed by atoms with Crippen molar-refractivity contribution in [3.8, 4) is 0 Å². The van der Waals surface area contributed by atoms with Gasteiger partial charge in [0.1, 0.15) is 23.1 Å². The minimum atomic E-state index is -3.93. The maximum atomic E-state index is 13.2. The number of ether oxygens (including phenoxy) is 1. The van der Waals surface area contributed by atoms with E-state index in [-0.39, 0.29) is 17.2 Å². The van der Waals surface area contributed by atoms with Gasteiger partial charge in [0.15, 0.2) is 15.2 Å². The summed E-state index contributed by atoms with van der Waals surface area (Å²) in [5.74, 6) is -2.51. The van der Waals surface area contributed by atoms with Gasteiger partial charge in [-0.15, -0.1) is 0 Å². The second kappa shape index (κ2) is 9.26. The third kappa shape index (κ3) is 4.79. The second-order valence-corrected chi connectivity index (χ2v) is 8.72. The van der Waals surface area contributed by atoms with Crippen LogP contribution in [-0.2, 0) is 19.4 Å². The fraction of sp³-hybridized carbons (Fsp3) is 0.368. The summed E-state index contributed by atoms with van der Waals surface area (Å²) in [7, 11) is -2.33. The summed E-state index contributed by atoms with van der Waals surface area (Å²) in [5, 5.41) is 1.27. The van der Waals surface area contributed by atoms with Crippen LogP contribution in [0, 0.1) is 5.82 Å². The first kappa shape index (κ1) is 21.8. The van der Waals surface area contributed by atoms with Crippen LogP contribution in [0.15, 0.2) is 36.5 Å². The van der Waals surface area contributed by atoms with Crippen LogP contribution in [0.1, 0.15) is 34.4 Å². The number of pyridine rings is 2. The molecule has 0 spiro atoms. The number of halogens is 1. The Morgan fingerprint density at radius 1 is 1.30 bits per heavy atom. The van der Waals surface area contributed by atoms with Crippen LogP contribution in [0.5, 0.6) is 0 Å². The molecule has 0 bridgehead atoms. The van der Waals surface area contributed by atoms with Crippen LogP contribution < -0.4 is 10.2 Å². The quantitative estimate of drug-likeness (QED) is 0.618. The zero-order valence-corrected chi connectivity index (χ0v) is 17.1. The van der Waals surface area contributed by atoms with Crippen LogP contribution in [0.2, 0.25) is 0 Å². The highest BCUT2D eigenvalue weighted by Crippen LogP contribution is 2.35.